The molecular formula is C22H24N4O. The van der Waals surface area contributed by atoms with Gasteiger partial charge >= 0.3 is 0 Å². The van der Waals surface area contributed by atoms with Crippen LogP contribution >= 0.6 is 0 Å². The number of rotatable bonds is 4. The van der Waals surface area contributed by atoms with Crippen LogP contribution in [-0.4, -0.2) is 9.55 Å². The minimum atomic E-state index is -0.251. The van der Waals surface area contributed by atoms with E-state index in [0.717, 1.165) is 35.2 Å². The maximum absolute atomic E-state index is 13.6. The van der Waals surface area contributed by atoms with Crippen molar-refractivity contribution in [1.29, 1.82) is 0 Å². The van der Waals surface area contributed by atoms with Gasteiger partial charge in [-0.3, -0.25) is 14.8 Å². The van der Waals surface area contributed by atoms with Gasteiger partial charge in [0.05, 0.1) is 17.8 Å². The lowest BCUT2D eigenvalue weighted by Crippen LogP contribution is -2.40. The second kappa shape index (κ2) is 6.67. The zero-order chi connectivity index (χ0) is 19.0. The van der Waals surface area contributed by atoms with Gasteiger partial charge in [0.2, 0.25) is 5.95 Å². The maximum atomic E-state index is 13.6. The van der Waals surface area contributed by atoms with Crippen molar-refractivity contribution in [3.63, 3.8) is 0 Å². The first-order valence-corrected chi connectivity index (χ1v) is 9.31. The van der Waals surface area contributed by atoms with E-state index in [4.69, 9.17) is 10.8 Å². The number of nitrogens with one attached hydrogen (secondary N) is 1. The molecule has 138 valence electrons. The van der Waals surface area contributed by atoms with Crippen LogP contribution in [0.3, 0.4) is 0 Å². The molecule has 1 aliphatic rings. The molecule has 4 rings (SSSR count). The summed E-state index contributed by atoms with van der Waals surface area (Å²) in [6, 6.07) is 18.1. The van der Waals surface area contributed by atoms with Crippen molar-refractivity contribution < 1.29 is 0 Å². The van der Waals surface area contributed by atoms with Gasteiger partial charge in [0.25, 0.3) is 5.56 Å². The van der Waals surface area contributed by atoms with Gasteiger partial charge in [-0.1, -0.05) is 68.4 Å². The minimum absolute atomic E-state index is 0.0179. The van der Waals surface area contributed by atoms with E-state index in [-0.39, 0.29) is 11.0 Å². The first-order chi connectivity index (χ1) is 13.1. The molecule has 0 saturated carbocycles. The number of aromatic nitrogens is 2. The van der Waals surface area contributed by atoms with Gasteiger partial charge < -0.3 is 0 Å². The summed E-state index contributed by atoms with van der Waals surface area (Å²) in [5.41, 5.74) is 7.20. The monoisotopic (exact) mass is 360 g/mol. The van der Waals surface area contributed by atoms with E-state index in [9.17, 15) is 4.79 Å². The molecule has 0 fully saturated rings. The molecule has 1 aromatic heterocycles. The Balaban J connectivity index is 1.98. The molecule has 0 saturated heterocycles. The zero-order valence-electron chi connectivity index (χ0n) is 15.7. The Bertz CT molecular complexity index is 1040. The normalized spacial score (nSPS) is 17.9. The third-order valence-electron chi connectivity index (χ3n) is 5.72. The molecule has 27 heavy (non-hydrogen) atoms. The molecular weight excluding hydrogens is 336 g/mol. The largest absolute Gasteiger partial charge is 0.294 e. The Kier molecular flexibility index (Phi) is 4.32. The fraction of sp³-hybridized carbons (Fsp3) is 0.273. The van der Waals surface area contributed by atoms with Crippen LogP contribution in [0.1, 0.15) is 37.0 Å². The van der Waals surface area contributed by atoms with Crippen molar-refractivity contribution in [1.82, 2.24) is 9.55 Å². The molecule has 5 nitrogen and oxygen atoms in total. The molecule has 0 radical (unpaired) electrons. The highest BCUT2D eigenvalue weighted by molar-refractivity contribution is 5.72. The number of nitrogen functional groups attached to an aromatic ring is 1. The third kappa shape index (κ3) is 2.84. The number of nitrogens with two attached hydrogens (primary N) is 1. The summed E-state index contributed by atoms with van der Waals surface area (Å²) in [4.78, 5) is 18.4. The summed E-state index contributed by atoms with van der Waals surface area (Å²) in [7, 11) is 0. The van der Waals surface area contributed by atoms with Gasteiger partial charge in [-0.15, -0.1) is 0 Å². The Morgan fingerprint density at radius 3 is 2.56 bits per heavy atom. The number of fused-ring (bicyclic) bond motifs is 3. The maximum Gasteiger partial charge on any atom is 0.259 e. The average molecular weight is 360 g/mol. The number of hydrogen-bond donors (Lipinski definition) is 2. The van der Waals surface area contributed by atoms with E-state index < -0.39 is 0 Å². The number of hydrazine groups is 1. The number of nitrogens with zero attached hydrogens (tertiary/aromatic N) is 2. The molecule has 5 heteroatoms. The van der Waals surface area contributed by atoms with E-state index in [1.807, 2.05) is 48.5 Å². The third-order valence-corrected chi connectivity index (χ3v) is 5.72. The summed E-state index contributed by atoms with van der Waals surface area (Å²) in [5, 5.41) is 0. The van der Waals surface area contributed by atoms with Crippen LogP contribution in [0.4, 0.5) is 5.95 Å². The van der Waals surface area contributed by atoms with Crippen molar-refractivity contribution in [2.45, 2.75) is 38.6 Å². The second-order valence-electron chi connectivity index (χ2n) is 7.43. The van der Waals surface area contributed by atoms with Crippen LogP contribution in [0.25, 0.3) is 11.3 Å². The van der Waals surface area contributed by atoms with E-state index in [1.54, 1.807) is 4.57 Å². The topological polar surface area (TPSA) is 72.9 Å². The van der Waals surface area contributed by atoms with Crippen LogP contribution in [0, 0.1) is 0 Å². The summed E-state index contributed by atoms with van der Waals surface area (Å²) < 4.78 is 1.65. The summed E-state index contributed by atoms with van der Waals surface area (Å²) >= 11 is 0. The van der Waals surface area contributed by atoms with Crippen molar-refractivity contribution in [3.8, 4) is 11.3 Å². The molecule has 3 aromatic rings. The molecule has 0 unspecified atom stereocenters. The van der Waals surface area contributed by atoms with Gasteiger partial charge in [-0.2, -0.15) is 0 Å². The van der Waals surface area contributed by atoms with Crippen molar-refractivity contribution in [3.05, 3.63) is 81.6 Å². The van der Waals surface area contributed by atoms with Crippen molar-refractivity contribution in [2.75, 3.05) is 5.43 Å². The summed E-state index contributed by atoms with van der Waals surface area (Å²) in [5.74, 6) is 6.14. The highest BCUT2D eigenvalue weighted by Gasteiger charge is 2.38. The first-order valence-electron chi connectivity index (χ1n) is 9.31. The molecule has 1 atom stereocenters. The predicted molar refractivity (Wildman–Crippen MR) is 109 cm³/mol. The number of anilines is 1. The number of hydrogen-bond acceptors (Lipinski definition) is 4. The molecule has 2 aromatic carbocycles. The van der Waals surface area contributed by atoms with Crippen molar-refractivity contribution >= 4 is 5.95 Å². The zero-order valence-corrected chi connectivity index (χ0v) is 15.7. The fourth-order valence-corrected chi connectivity index (χ4v) is 4.03. The van der Waals surface area contributed by atoms with Crippen LogP contribution in [0.5, 0.6) is 0 Å². The first kappa shape index (κ1) is 17.5. The van der Waals surface area contributed by atoms with Gasteiger partial charge in [0, 0.05) is 11.0 Å². The highest BCUT2D eigenvalue weighted by atomic mass is 16.1. The minimum Gasteiger partial charge on any atom is -0.294 e. The Labute approximate surface area is 158 Å². The van der Waals surface area contributed by atoms with E-state index in [1.165, 1.54) is 5.56 Å². The Morgan fingerprint density at radius 1 is 1.15 bits per heavy atom. The second-order valence-corrected chi connectivity index (χ2v) is 7.43. The van der Waals surface area contributed by atoms with E-state index in [2.05, 4.69) is 25.3 Å². The predicted octanol–water partition coefficient (Wildman–Crippen LogP) is 3.47. The standard InChI is InChI=1S/C22H24N4O/c1-3-22(2)13-16-11-7-8-12-17(16)19-18(22)20(27)26(21(24-19)25-23)14-15-9-5-4-6-10-15/h4-12H,3,13-14,23H2,1-2H3,(H,24,25)/t22-/m0/s1. The molecule has 1 aliphatic carbocycles. The van der Waals surface area contributed by atoms with Crippen LogP contribution in [0.15, 0.2) is 59.4 Å². The lowest BCUT2D eigenvalue weighted by atomic mass is 9.69. The van der Waals surface area contributed by atoms with Gasteiger partial charge in [0.15, 0.2) is 0 Å². The fourth-order valence-electron chi connectivity index (χ4n) is 4.03. The highest BCUT2D eigenvalue weighted by Crippen LogP contribution is 2.42. The van der Waals surface area contributed by atoms with Gasteiger partial charge in [0.1, 0.15) is 0 Å². The number of benzene rings is 2. The van der Waals surface area contributed by atoms with Gasteiger partial charge in [-0.05, 0) is 24.0 Å². The molecule has 0 aliphatic heterocycles. The molecule has 1 heterocycles. The lowest BCUT2D eigenvalue weighted by molar-refractivity contribution is 0.436. The molecule has 0 bridgehead atoms. The van der Waals surface area contributed by atoms with Crippen LogP contribution in [0.2, 0.25) is 0 Å². The average Bonchev–Trinajstić information content (AvgIpc) is 2.70. The molecule has 0 spiro atoms. The molecule has 3 N–H and O–H groups in total. The lowest BCUT2D eigenvalue weighted by Gasteiger charge is -2.35. The SMILES string of the molecule is CC[C@@]1(C)Cc2ccccc2-c2nc(NN)n(Cc3ccccc3)c(=O)c21. The van der Waals surface area contributed by atoms with Gasteiger partial charge in [-0.25, -0.2) is 10.8 Å². The quantitative estimate of drug-likeness (QED) is 0.552. The Morgan fingerprint density at radius 2 is 1.85 bits per heavy atom. The van der Waals surface area contributed by atoms with Crippen molar-refractivity contribution in [2.24, 2.45) is 5.84 Å². The summed E-state index contributed by atoms with van der Waals surface area (Å²) in [6.45, 7) is 4.72. The summed E-state index contributed by atoms with van der Waals surface area (Å²) in [6.07, 6.45) is 1.70. The molecule has 0 amide bonds. The smallest absolute Gasteiger partial charge is 0.259 e. The van der Waals surface area contributed by atoms with E-state index in [0.29, 0.717) is 12.5 Å². The van der Waals surface area contributed by atoms with E-state index >= 15 is 0 Å². The Hall–Kier alpha value is -2.92. The van der Waals surface area contributed by atoms with Crippen LogP contribution in [-0.2, 0) is 18.4 Å². The van der Waals surface area contributed by atoms with Crippen LogP contribution < -0.4 is 16.8 Å².